The Morgan fingerprint density at radius 3 is 1.54 bits per heavy atom. The van der Waals surface area contributed by atoms with Crippen LogP contribution in [-0.4, -0.2) is 37.0 Å². The van der Waals surface area contributed by atoms with Crippen molar-refractivity contribution >= 4 is 67.8 Å². The van der Waals surface area contributed by atoms with Crippen molar-refractivity contribution in [3.8, 4) is 0 Å². The average Bonchev–Trinajstić information content (AvgIpc) is 3.65. The van der Waals surface area contributed by atoms with E-state index in [1.54, 1.807) is 26.0 Å². The van der Waals surface area contributed by atoms with Crippen molar-refractivity contribution in [3.63, 3.8) is 0 Å². The number of anilines is 2. The number of amides is 2. The Kier molecular flexibility index (Phi) is 7.45. The van der Waals surface area contributed by atoms with Gasteiger partial charge in [0.25, 0.3) is 11.8 Å². The summed E-state index contributed by atoms with van der Waals surface area (Å²) in [6.07, 6.45) is 5.31. The van der Waals surface area contributed by atoms with E-state index < -0.39 is 23.8 Å². The Bertz CT molecular complexity index is 1300. The minimum Gasteiger partial charge on any atom is -0.462 e. The molecule has 3 aromatic heterocycles. The van der Waals surface area contributed by atoms with Gasteiger partial charge in [-0.3, -0.25) is 9.59 Å². The molecule has 3 aromatic rings. The maximum atomic E-state index is 13.0. The molecule has 0 spiro atoms. The number of ether oxygens (including phenoxy) is 2. The monoisotopic (exact) mass is 558 g/mol. The van der Waals surface area contributed by atoms with Crippen molar-refractivity contribution in [3.05, 3.63) is 53.9 Å². The second kappa shape index (κ2) is 10.8. The first kappa shape index (κ1) is 25.6. The van der Waals surface area contributed by atoms with Gasteiger partial charge in [0.15, 0.2) is 0 Å². The molecule has 2 aliphatic carbocycles. The Morgan fingerprint density at radius 1 is 0.703 bits per heavy atom. The molecule has 5 rings (SSSR count). The standard InChI is InChI=1S/C26H26N2O6S3/c1-3-33-25(31)19-13-7-5-9-15(13)36-23(19)27-21(29)17-11-12-18(35-17)22(30)28-24-20(26(32)34-4-2)14-8-6-10-16(14)37-24/h11-12H,3-10H2,1-2H3,(H,27,29)(H,28,30). The van der Waals surface area contributed by atoms with Gasteiger partial charge < -0.3 is 20.1 Å². The number of carbonyl (C=O) groups excluding carboxylic acids is 4. The first-order valence-corrected chi connectivity index (χ1v) is 14.7. The van der Waals surface area contributed by atoms with E-state index in [0.29, 0.717) is 30.9 Å². The molecule has 0 radical (unpaired) electrons. The number of nitrogens with one attached hydrogen (secondary N) is 2. The van der Waals surface area contributed by atoms with Crippen LogP contribution in [0.15, 0.2) is 12.1 Å². The molecule has 8 nitrogen and oxygen atoms in total. The highest BCUT2D eigenvalue weighted by atomic mass is 32.1. The SMILES string of the molecule is CCOC(=O)c1c(NC(=O)c2ccc(C(=O)Nc3sc4c(c3C(=O)OCC)CCC4)s2)sc2c1CCC2. The number of fused-ring (bicyclic) bond motifs is 2. The molecule has 0 aliphatic heterocycles. The van der Waals surface area contributed by atoms with E-state index in [0.717, 1.165) is 70.7 Å². The summed E-state index contributed by atoms with van der Waals surface area (Å²) in [5.41, 5.74) is 2.81. The quantitative estimate of drug-likeness (QED) is 0.343. The first-order valence-electron chi connectivity index (χ1n) is 12.3. The zero-order valence-electron chi connectivity index (χ0n) is 20.5. The predicted octanol–water partition coefficient (Wildman–Crippen LogP) is 5.71. The van der Waals surface area contributed by atoms with Gasteiger partial charge in [0.05, 0.1) is 34.1 Å². The number of carbonyl (C=O) groups is 4. The molecular formula is C26H26N2O6S3. The maximum absolute atomic E-state index is 13.0. The molecule has 0 bridgehead atoms. The second-order valence-corrected chi connectivity index (χ2v) is 11.9. The van der Waals surface area contributed by atoms with E-state index in [9.17, 15) is 19.2 Å². The summed E-state index contributed by atoms with van der Waals surface area (Å²) in [6, 6.07) is 3.17. The minimum atomic E-state index is -0.427. The summed E-state index contributed by atoms with van der Waals surface area (Å²) >= 11 is 3.87. The maximum Gasteiger partial charge on any atom is 0.341 e. The van der Waals surface area contributed by atoms with Crippen molar-refractivity contribution in [2.24, 2.45) is 0 Å². The van der Waals surface area contributed by atoms with Crippen LogP contribution in [0.4, 0.5) is 10.0 Å². The number of aryl methyl sites for hydroxylation is 2. The fourth-order valence-corrected chi connectivity index (χ4v) is 8.08. The molecule has 0 fully saturated rings. The van der Waals surface area contributed by atoms with Crippen LogP contribution in [0.1, 0.15) is 87.6 Å². The Morgan fingerprint density at radius 2 is 1.14 bits per heavy atom. The highest BCUT2D eigenvalue weighted by molar-refractivity contribution is 7.18. The molecule has 0 atom stereocenters. The van der Waals surface area contributed by atoms with Gasteiger partial charge in [0.1, 0.15) is 10.0 Å². The van der Waals surface area contributed by atoms with Crippen molar-refractivity contribution in [1.29, 1.82) is 0 Å². The third kappa shape index (κ3) is 4.95. The van der Waals surface area contributed by atoms with Crippen LogP contribution in [-0.2, 0) is 35.2 Å². The zero-order chi connectivity index (χ0) is 26.1. The molecule has 0 aromatic carbocycles. The van der Waals surface area contributed by atoms with Gasteiger partial charge in [0, 0.05) is 9.75 Å². The molecule has 37 heavy (non-hydrogen) atoms. The van der Waals surface area contributed by atoms with Gasteiger partial charge >= 0.3 is 11.9 Å². The Labute approximate surface area is 226 Å². The molecular weight excluding hydrogens is 532 g/mol. The van der Waals surface area contributed by atoms with Crippen molar-refractivity contribution in [2.45, 2.75) is 52.4 Å². The number of hydrogen-bond acceptors (Lipinski definition) is 9. The van der Waals surface area contributed by atoms with Gasteiger partial charge in [-0.15, -0.1) is 34.0 Å². The summed E-state index contributed by atoms with van der Waals surface area (Å²) in [5.74, 6) is -1.64. The molecule has 194 valence electrons. The predicted molar refractivity (Wildman–Crippen MR) is 145 cm³/mol. The van der Waals surface area contributed by atoms with Crippen LogP contribution in [0, 0.1) is 0 Å². The number of rotatable bonds is 8. The van der Waals surface area contributed by atoms with Gasteiger partial charge in [-0.2, -0.15) is 0 Å². The lowest BCUT2D eigenvalue weighted by Gasteiger charge is -2.07. The summed E-state index contributed by atoms with van der Waals surface area (Å²) in [4.78, 5) is 54.1. The van der Waals surface area contributed by atoms with E-state index in [1.165, 1.54) is 22.7 Å². The summed E-state index contributed by atoms with van der Waals surface area (Å²) < 4.78 is 10.5. The lowest BCUT2D eigenvalue weighted by atomic mass is 10.1. The minimum absolute atomic E-state index is 0.255. The smallest absolute Gasteiger partial charge is 0.341 e. The number of esters is 2. The molecule has 2 aliphatic rings. The van der Waals surface area contributed by atoms with Crippen molar-refractivity contribution in [2.75, 3.05) is 23.8 Å². The van der Waals surface area contributed by atoms with E-state index in [4.69, 9.17) is 9.47 Å². The normalized spacial score (nSPS) is 13.7. The molecule has 0 saturated heterocycles. The van der Waals surface area contributed by atoms with E-state index in [2.05, 4.69) is 10.6 Å². The highest BCUT2D eigenvalue weighted by Crippen LogP contribution is 2.41. The van der Waals surface area contributed by atoms with Crippen LogP contribution in [0.5, 0.6) is 0 Å². The van der Waals surface area contributed by atoms with Gasteiger partial charge in [-0.05, 0) is 75.6 Å². The van der Waals surface area contributed by atoms with Gasteiger partial charge in [-0.25, -0.2) is 9.59 Å². The first-order chi connectivity index (χ1) is 17.9. The van der Waals surface area contributed by atoms with Crippen LogP contribution >= 0.6 is 34.0 Å². The van der Waals surface area contributed by atoms with E-state index >= 15 is 0 Å². The van der Waals surface area contributed by atoms with Crippen LogP contribution in [0.2, 0.25) is 0 Å². The summed E-state index contributed by atoms with van der Waals surface area (Å²) in [6.45, 7) is 4.01. The number of thiophene rings is 3. The molecule has 2 N–H and O–H groups in total. The van der Waals surface area contributed by atoms with Crippen LogP contribution in [0.25, 0.3) is 0 Å². The molecule has 0 unspecified atom stereocenters. The summed E-state index contributed by atoms with van der Waals surface area (Å²) in [5, 5.41) is 6.69. The Balaban J connectivity index is 1.33. The lowest BCUT2D eigenvalue weighted by Crippen LogP contribution is -2.15. The Hall–Kier alpha value is -3.02. The van der Waals surface area contributed by atoms with Crippen LogP contribution in [0.3, 0.4) is 0 Å². The van der Waals surface area contributed by atoms with E-state index in [-0.39, 0.29) is 13.2 Å². The second-order valence-electron chi connectivity index (χ2n) is 8.64. The van der Waals surface area contributed by atoms with Crippen LogP contribution < -0.4 is 10.6 Å². The van der Waals surface area contributed by atoms with Crippen molar-refractivity contribution in [1.82, 2.24) is 0 Å². The van der Waals surface area contributed by atoms with Gasteiger partial charge in [-0.1, -0.05) is 0 Å². The van der Waals surface area contributed by atoms with Crippen molar-refractivity contribution < 1.29 is 28.7 Å². The topological polar surface area (TPSA) is 111 Å². The third-order valence-corrected chi connectivity index (χ3v) is 9.81. The van der Waals surface area contributed by atoms with Gasteiger partial charge in [0.2, 0.25) is 0 Å². The number of hydrogen-bond donors (Lipinski definition) is 2. The summed E-state index contributed by atoms with van der Waals surface area (Å²) in [7, 11) is 0. The average molecular weight is 559 g/mol. The third-order valence-electron chi connectivity index (χ3n) is 6.31. The fraction of sp³-hybridized carbons (Fsp3) is 0.385. The largest absolute Gasteiger partial charge is 0.462 e. The molecule has 3 heterocycles. The molecule has 0 saturated carbocycles. The zero-order valence-corrected chi connectivity index (χ0v) is 22.9. The molecule has 11 heteroatoms. The highest BCUT2D eigenvalue weighted by Gasteiger charge is 2.30. The lowest BCUT2D eigenvalue weighted by molar-refractivity contribution is 0.0517. The fourth-order valence-electron chi connectivity index (χ4n) is 4.73. The molecule has 2 amide bonds. The van der Waals surface area contributed by atoms with E-state index in [1.807, 2.05) is 0 Å².